The van der Waals surface area contributed by atoms with Crippen molar-refractivity contribution in [3.05, 3.63) is 59.7 Å². The first-order valence-corrected chi connectivity index (χ1v) is 10.4. The maximum atomic E-state index is 12.1. The van der Waals surface area contributed by atoms with Gasteiger partial charge in [0.05, 0.1) is 41.6 Å². The van der Waals surface area contributed by atoms with Gasteiger partial charge in [-0.2, -0.15) is 0 Å². The number of aliphatic hydroxyl groups excluding tert-OH is 1. The van der Waals surface area contributed by atoms with Gasteiger partial charge in [-0.05, 0) is 24.3 Å². The average Bonchev–Trinajstić information content (AvgIpc) is 2.57. The molecule has 0 aromatic carbocycles. The van der Waals surface area contributed by atoms with Gasteiger partial charge in [-0.3, -0.25) is 9.97 Å². The van der Waals surface area contributed by atoms with Crippen LogP contribution < -0.4 is 0 Å². The molecule has 0 aliphatic carbocycles. The Balaban J connectivity index is 0. The van der Waals surface area contributed by atoms with Crippen molar-refractivity contribution in [1.29, 1.82) is 0 Å². The molecule has 0 saturated carbocycles. The molecule has 0 aliphatic heterocycles. The number of pyridine rings is 2. The Labute approximate surface area is 170 Å². The van der Waals surface area contributed by atoms with Crippen molar-refractivity contribution in [2.45, 2.75) is 12.5 Å². The molecule has 2 heterocycles. The van der Waals surface area contributed by atoms with Crippen LogP contribution in [-0.2, 0) is 21.7 Å². The smallest absolute Gasteiger partial charge is 0.211 e. The lowest BCUT2D eigenvalue weighted by Crippen LogP contribution is -1.87. The Hall–Kier alpha value is -0.280. The van der Waals surface area contributed by atoms with E-state index < -0.39 is 9.23 Å². The third-order valence-corrected chi connectivity index (χ3v) is 2.15. The summed E-state index contributed by atoms with van der Waals surface area (Å²) in [4.78, 5) is 7.26. The van der Waals surface area contributed by atoms with Crippen LogP contribution in [0.15, 0.2) is 36.7 Å². The van der Waals surface area contributed by atoms with Crippen molar-refractivity contribution in [2.24, 2.45) is 0 Å². The lowest BCUT2D eigenvalue weighted by atomic mass is 10.4. The minimum atomic E-state index is -1.67. The minimum absolute atomic E-state index is 0.139. The predicted octanol–water partition coefficient (Wildman–Crippen LogP) is 5.14. The van der Waals surface area contributed by atoms with Crippen molar-refractivity contribution in [2.75, 3.05) is 5.34 Å². The highest BCUT2D eigenvalue weighted by molar-refractivity contribution is 8.26. The molecular weight excluding hydrogens is 463 g/mol. The van der Waals surface area contributed by atoms with Crippen LogP contribution in [0.2, 0.25) is 0 Å². The summed E-state index contributed by atoms with van der Waals surface area (Å²) in [6, 6.07) is 5.60. The van der Waals surface area contributed by atoms with Gasteiger partial charge in [-0.25, -0.2) is 13.0 Å². The molecule has 0 unspecified atom stereocenters. The van der Waals surface area contributed by atoms with E-state index in [9.17, 15) is 8.78 Å². The maximum Gasteiger partial charge on any atom is 0.211 e. The van der Waals surface area contributed by atoms with Crippen LogP contribution in [0, 0.1) is 11.6 Å². The molecule has 0 saturated heterocycles. The summed E-state index contributed by atoms with van der Waals surface area (Å²) < 4.78 is 33.3. The summed E-state index contributed by atoms with van der Waals surface area (Å²) in [6.07, 6.45) is 2.23. The minimum Gasteiger partial charge on any atom is -0.390 e. The van der Waals surface area contributed by atoms with E-state index >= 15 is 0 Å². The number of nitrogens with zero attached hydrogens (tertiary/aromatic N) is 2. The maximum absolute atomic E-state index is 12.1. The highest BCUT2D eigenvalue weighted by Crippen LogP contribution is 2.00. The normalized spacial score (nSPS) is 9.00. The van der Waals surface area contributed by atoms with Gasteiger partial charge in [0, 0.05) is 21.4 Å². The second-order valence-corrected chi connectivity index (χ2v) is 7.11. The van der Waals surface area contributed by atoms with Crippen molar-refractivity contribution in [3.63, 3.8) is 0 Å². The second-order valence-electron chi connectivity index (χ2n) is 3.51. The number of rotatable bonds is 2. The molecule has 0 aliphatic rings. The fourth-order valence-corrected chi connectivity index (χ4v) is 1.14. The molecule has 12 heteroatoms. The summed E-state index contributed by atoms with van der Waals surface area (Å²) in [5.41, 5.74) is 1.18. The van der Waals surface area contributed by atoms with Crippen molar-refractivity contribution in [1.82, 2.24) is 9.97 Å². The number of alkyl halides is 3. The Morgan fingerprint density at radius 3 is 1.52 bits per heavy atom. The van der Waals surface area contributed by atoms with Gasteiger partial charge >= 0.3 is 0 Å². The number of aromatic nitrogens is 2. The average molecular weight is 477 g/mol. The van der Waals surface area contributed by atoms with Crippen LogP contribution in [0.1, 0.15) is 11.4 Å². The standard InChI is InChI=1S/C6H5ClFN.C6H6FNO.CH2Cl2.Cl2OS/c7-3-6-2-1-5(8)4-9-6;7-5-1-2-6(4-9)8-3-5;2-1-3;1-4(2)3/h1-2,4H,3H2;1-3,9H,4H2;1H2;. The third-order valence-electron chi connectivity index (χ3n) is 1.88. The number of hydrogen-bond donors (Lipinski definition) is 1. The molecule has 0 amide bonds. The van der Waals surface area contributed by atoms with Gasteiger partial charge in [0.15, 0.2) is 0 Å². The van der Waals surface area contributed by atoms with Gasteiger partial charge in [-0.15, -0.1) is 34.8 Å². The Kier molecular flexibility index (Phi) is 19.9. The first-order chi connectivity index (χ1) is 11.8. The van der Waals surface area contributed by atoms with Crippen LogP contribution in [-0.4, -0.2) is 24.6 Å². The van der Waals surface area contributed by atoms with Crippen LogP contribution in [0.5, 0.6) is 0 Å². The summed E-state index contributed by atoms with van der Waals surface area (Å²) >= 11 is 14.9. The van der Waals surface area contributed by atoms with E-state index in [1.807, 2.05) is 0 Å². The highest BCUT2D eigenvalue weighted by Gasteiger charge is 1.91. The summed E-state index contributed by atoms with van der Waals surface area (Å²) in [5, 5.41) is 8.64. The zero-order chi connectivity index (χ0) is 19.7. The number of halogens is 7. The molecule has 0 spiro atoms. The van der Waals surface area contributed by atoms with Gasteiger partial charge in [0.1, 0.15) is 11.6 Å². The topological polar surface area (TPSA) is 63.1 Å². The molecule has 4 nitrogen and oxygen atoms in total. The Morgan fingerprint density at radius 1 is 0.920 bits per heavy atom. The van der Waals surface area contributed by atoms with Crippen LogP contribution in [0.3, 0.4) is 0 Å². The van der Waals surface area contributed by atoms with Crippen LogP contribution >= 0.6 is 56.2 Å². The molecular formula is C13H13Cl5F2N2O2S. The fourth-order valence-electron chi connectivity index (χ4n) is 0.985. The number of hydrogen-bond acceptors (Lipinski definition) is 4. The van der Waals surface area contributed by atoms with E-state index in [-0.39, 0.29) is 23.6 Å². The monoisotopic (exact) mass is 474 g/mol. The van der Waals surface area contributed by atoms with Crippen molar-refractivity contribution in [3.8, 4) is 0 Å². The van der Waals surface area contributed by atoms with E-state index in [2.05, 4.69) is 31.3 Å². The molecule has 25 heavy (non-hydrogen) atoms. The van der Waals surface area contributed by atoms with Gasteiger partial charge in [-0.1, -0.05) is 0 Å². The van der Waals surface area contributed by atoms with E-state index in [0.29, 0.717) is 17.3 Å². The van der Waals surface area contributed by atoms with E-state index in [0.717, 1.165) is 12.4 Å². The Bertz CT molecular complexity index is 530. The lowest BCUT2D eigenvalue weighted by Gasteiger charge is -1.90. The second kappa shape index (κ2) is 18.5. The van der Waals surface area contributed by atoms with Crippen molar-refractivity contribution >= 4 is 65.4 Å². The molecule has 1 N–H and O–H groups in total. The molecule has 0 radical (unpaired) electrons. The first kappa shape index (κ1) is 26.9. The zero-order valence-corrected chi connectivity index (χ0v) is 17.0. The quantitative estimate of drug-likeness (QED) is 0.482. The van der Waals surface area contributed by atoms with E-state index in [4.69, 9.17) is 44.1 Å². The summed E-state index contributed by atoms with van der Waals surface area (Å²) in [5.74, 6) is -0.378. The summed E-state index contributed by atoms with van der Waals surface area (Å²) in [6.45, 7) is -0.139. The van der Waals surface area contributed by atoms with E-state index in [1.54, 1.807) is 6.07 Å². The first-order valence-electron chi connectivity index (χ1n) is 6.04. The molecule has 142 valence electrons. The lowest BCUT2D eigenvalue weighted by molar-refractivity contribution is 0.276. The zero-order valence-electron chi connectivity index (χ0n) is 12.4. The summed E-state index contributed by atoms with van der Waals surface area (Å²) in [7, 11) is 7.36. The molecule has 2 rings (SSSR count). The highest BCUT2D eigenvalue weighted by atomic mass is 36.0. The molecule has 2 aromatic heterocycles. The van der Waals surface area contributed by atoms with Gasteiger partial charge in [0.25, 0.3) is 0 Å². The molecule has 0 bridgehead atoms. The fraction of sp³-hybridized carbons (Fsp3) is 0.231. The van der Waals surface area contributed by atoms with Crippen molar-refractivity contribution < 1.29 is 18.1 Å². The van der Waals surface area contributed by atoms with Crippen LogP contribution in [0.4, 0.5) is 8.78 Å². The largest absolute Gasteiger partial charge is 0.390 e. The predicted molar refractivity (Wildman–Crippen MR) is 100 cm³/mol. The Morgan fingerprint density at radius 2 is 1.28 bits per heavy atom. The third kappa shape index (κ3) is 19.9. The molecule has 0 fully saturated rings. The van der Waals surface area contributed by atoms with Gasteiger partial charge < -0.3 is 5.11 Å². The van der Waals surface area contributed by atoms with Gasteiger partial charge in [0.2, 0.25) is 9.23 Å². The van der Waals surface area contributed by atoms with Crippen LogP contribution in [0.25, 0.3) is 0 Å². The number of aliphatic hydroxyl groups is 1. The molecule has 2 aromatic rings. The molecule has 0 atom stereocenters. The SMILES string of the molecule is ClCCl.Fc1ccc(CCl)nc1.O=S(Cl)Cl.OCc1ccc(F)cn1. The van der Waals surface area contributed by atoms with E-state index in [1.165, 1.54) is 18.2 Å².